The molecule has 8 heteroatoms. The van der Waals surface area contributed by atoms with E-state index in [9.17, 15) is 14.4 Å². The van der Waals surface area contributed by atoms with Crippen LogP contribution in [0, 0.1) is 11.3 Å². The molecule has 0 saturated carbocycles. The Hall–Kier alpha value is -3.18. The van der Waals surface area contributed by atoms with Crippen LogP contribution < -0.4 is 10.2 Å². The molecular formula is C19H17N3O4S. The van der Waals surface area contributed by atoms with Gasteiger partial charge < -0.3 is 15.0 Å². The van der Waals surface area contributed by atoms with Gasteiger partial charge >= 0.3 is 5.97 Å². The Balaban J connectivity index is 1.60. The maximum atomic E-state index is 12.2. The van der Waals surface area contributed by atoms with Gasteiger partial charge in [-0.1, -0.05) is 0 Å². The van der Waals surface area contributed by atoms with E-state index < -0.39 is 18.0 Å². The topological polar surface area (TPSA) is 99.5 Å². The summed E-state index contributed by atoms with van der Waals surface area (Å²) in [5.74, 6) is -1.08. The predicted molar refractivity (Wildman–Crippen MR) is 101 cm³/mol. The highest BCUT2D eigenvalue weighted by atomic mass is 32.1. The minimum atomic E-state index is -1.02. The minimum absolute atomic E-state index is 0.0703. The van der Waals surface area contributed by atoms with Crippen LogP contribution in [0.5, 0.6) is 0 Å². The van der Waals surface area contributed by atoms with E-state index in [1.807, 2.05) is 6.07 Å². The Bertz CT molecular complexity index is 914. The van der Waals surface area contributed by atoms with Crippen molar-refractivity contribution in [3.8, 4) is 6.07 Å². The number of nitriles is 1. The van der Waals surface area contributed by atoms with Crippen molar-refractivity contribution in [3.63, 3.8) is 0 Å². The van der Waals surface area contributed by atoms with Crippen molar-refractivity contribution in [1.29, 1.82) is 5.26 Å². The van der Waals surface area contributed by atoms with Gasteiger partial charge in [-0.05, 0) is 49.1 Å². The van der Waals surface area contributed by atoms with E-state index >= 15 is 0 Å². The summed E-state index contributed by atoms with van der Waals surface area (Å²) in [6.45, 7) is 2.14. The molecule has 2 heterocycles. The van der Waals surface area contributed by atoms with Gasteiger partial charge in [0.05, 0.1) is 11.1 Å². The first-order valence-electron chi connectivity index (χ1n) is 8.39. The molecule has 7 nitrogen and oxygen atoms in total. The quantitative estimate of drug-likeness (QED) is 0.800. The second-order valence-corrected chi connectivity index (χ2v) is 6.92. The van der Waals surface area contributed by atoms with E-state index in [4.69, 9.17) is 10.00 Å². The van der Waals surface area contributed by atoms with E-state index in [0.29, 0.717) is 29.1 Å². The number of benzene rings is 1. The van der Waals surface area contributed by atoms with E-state index in [0.717, 1.165) is 12.1 Å². The zero-order valence-electron chi connectivity index (χ0n) is 14.6. The van der Waals surface area contributed by atoms with E-state index in [-0.39, 0.29) is 5.91 Å². The van der Waals surface area contributed by atoms with Gasteiger partial charge in [0.25, 0.3) is 5.91 Å². The molecule has 3 rings (SSSR count). The SMILES string of the molecule is C[C@@H](OC(=O)c1ccc(N2CCCC2=O)cc1)C(=O)Nc1sccc1C#N. The third kappa shape index (κ3) is 4.15. The number of anilines is 2. The average Bonchev–Trinajstić information content (AvgIpc) is 3.30. The summed E-state index contributed by atoms with van der Waals surface area (Å²) >= 11 is 1.22. The van der Waals surface area contributed by atoms with Gasteiger partial charge in [0.1, 0.15) is 11.1 Å². The number of nitrogens with zero attached hydrogens (tertiary/aromatic N) is 2. The van der Waals surface area contributed by atoms with Crippen molar-refractivity contribution in [1.82, 2.24) is 0 Å². The third-order valence-electron chi connectivity index (χ3n) is 4.16. The van der Waals surface area contributed by atoms with Crippen LogP contribution in [0.1, 0.15) is 35.7 Å². The maximum absolute atomic E-state index is 12.2. The van der Waals surface area contributed by atoms with Gasteiger partial charge in [-0.3, -0.25) is 9.59 Å². The summed E-state index contributed by atoms with van der Waals surface area (Å²) in [4.78, 5) is 37.9. The first-order chi connectivity index (χ1) is 13.0. The van der Waals surface area contributed by atoms with Crippen LogP contribution in [-0.2, 0) is 14.3 Å². The molecule has 1 saturated heterocycles. The van der Waals surface area contributed by atoms with Gasteiger partial charge in [-0.15, -0.1) is 11.3 Å². The molecule has 2 aromatic rings. The summed E-state index contributed by atoms with van der Waals surface area (Å²) in [6.07, 6.45) is 0.340. The van der Waals surface area contributed by atoms with Crippen LogP contribution in [0.3, 0.4) is 0 Å². The fraction of sp³-hybridized carbons (Fsp3) is 0.263. The monoisotopic (exact) mass is 383 g/mol. The first kappa shape index (κ1) is 18.6. The number of amides is 2. The van der Waals surface area contributed by atoms with Gasteiger partial charge in [0.2, 0.25) is 5.91 Å². The summed E-state index contributed by atoms with van der Waals surface area (Å²) < 4.78 is 5.20. The normalized spacial score (nSPS) is 14.5. The smallest absolute Gasteiger partial charge is 0.338 e. The molecule has 1 aromatic heterocycles. The van der Waals surface area contributed by atoms with Crippen molar-refractivity contribution in [2.45, 2.75) is 25.9 Å². The van der Waals surface area contributed by atoms with Crippen molar-refractivity contribution in [3.05, 3.63) is 46.8 Å². The van der Waals surface area contributed by atoms with Crippen LogP contribution in [0.4, 0.5) is 10.7 Å². The fourth-order valence-electron chi connectivity index (χ4n) is 2.69. The zero-order chi connectivity index (χ0) is 19.4. The lowest BCUT2D eigenvalue weighted by molar-refractivity contribution is -0.123. The molecule has 1 atom stereocenters. The molecule has 0 radical (unpaired) electrons. The average molecular weight is 383 g/mol. The molecule has 0 spiro atoms. The Morgan fingerprint density at radius 2 is 2.04 bits per heavy atom. The molecular weight excluding hydrogens is 366 g/mol. The highest BCUT2D eigenvalue weighted by Crippen LogP contribution is 2.23. The number of hydrogen-bond donors (Lipinski definition) is 1. The maximum Gasteiger partial charge on any atom is 0.338 e. The molecule has 138 valence electrons. The van der Waals surface area contributed by atoms with Gasteiger partial charge in [-0.2, -0.15) is 5.26 Å². The molecule has 1 aromatic carbocycles. The summed E-state index contributed by atoms with van der Waals surface area (Å²) in [5, 5.41) is 13.7. The number of ether oxygens (including phenoxy) is 1. The second kappa shape index (κ2) is 8.01. The lowest BCUT2D eigenvalue weighted by Crippen LogP contribution is -2.30. The van der Waals surface area contributed by atoms with Crippen LogP contribution in [0.15, 0.2) is 35.7 Å². The highest BCUT2D eigenvalue weighted by Gasteiger charge is 2.23. The van der Waals surface area contributed by atoms with Crippen LogP contribution in [0.25, 0.3) is 0 Å². The van der Waals surface area contributed by atoms with Gasteiger partial charge in [0.15, 0.2) is 6.10 Å². The number of hydrogen-bond acceptors (Lipinski definition) is 6. The molecule has 0 bridgehead atoms. The lowest BCUT2D eigenvalue weighted by Gasteiger charge is -2.16. The van der Waals surface area contributed by atoms with Gasteiger partial charge in [-0.25, -0.2) is 4.79 Å². The number of rotatable bonds is 5. The summed E-state index contributed by atoms with van der Waals surface area (Å²) in [6, 6.07) is 10.1. The van der Waals surface area contributed by atoms with Crippen molar-refractivity contribution in [2.24, 2.45) is 0 Å². The Labute approximate surface area is 160 Å². The Morgan fingerprint density at radius 3 is 2.67 bits per heavy atom. The molecule has 1 aliphatic heterocycles. The summed E-state index contributed by atoms with van der Waals surface area (Å²) in [5.41, 5.74) is 1.39. The standard InChI is InChI=1S/C19H17N3O4S/c1-12(17(24)21-18-14(11-20)8-10-27-18)26-19(25)13-4-6-15(7-5-13)22-9-2-3-16(22)23/h4-8,10,12H,2-3,9H2,1H3,(H,21,24)/t12-/m1/s1. The predicted octanol–water partition coefficient (Wildman–Crippen LogP) is 2.93. The fourth-order valence-corrected chi connectivity index (χ4v) is 3.43. The first-order valence-corrected chi connectivity index (χ1v) is 9.27. The molecule has 2 amide bonds. The summed E-state index contributed by atoms with van der Waals surface area (Å²) in [7, 11) is 0. The van der Waals surface area contributed by atoms with Gasteiger partial charge in [0, 0.05) is 18.7 Å². The van der Waals surface area contributed by atoms with Crippen molar-refractivity contribution < 1.29 is 19.1 Å². The second-order valence-electron chi connectivity index (χ2n) is 6.01. The highest BCUT2D eigenvalue weighted by molar-refractivity contribution is 7.14. The number of esters is 1. The molecule has 27 heavy (non-hydrogen) atoms. The Morgan fingerprint density at radius 1 is 1.30 bits per heavy atom. The Kier molecular flexibility index (Phi) is 5.52. The molecule has 0 unspecified atom stereocenters. The van der Waals surface area contributed by atoms with Crippen LogP contribution in [-0.4, -0.2) is 30.4 Å². The minimum Gasteiger partial charge on any atom is -0.449 e. The zero-order valence-corrected chi connectivity index (χ0v) is 15.4. The lowest BCUT2D eigenvalue weighted by atomic mass is 10.2. The molecule has 0 aliphatic carbocycles. The van der Waals surface area contributed by atoms with E-state index in [1.165, 1.54) is 18.3 Å². The van der Waals surface area contributed by atoms with E-state index in [1.54, 1.807) is 40.6 Å². The molecule has 1 N–H and O–H groups in total. The van der Waals surface area contributed by atoms with Crippen molar-refractivity contribution in [2.75, 3.05) is 16.8 Å². The third-order valence-corrected chi connectivity index (χ3v) is 4.99. The van der Waals surface area contributed by atoms with Crippen LogP contribution in [0.2, 0.25) is 0 Å². The van der Waals surface area contributed by atoms with E-state index in [2.05, 4.69) is 5.32 Å². The molecule has 1 fully saturated rings. The number of thiophene rings is 1. The largest absolute Gasteiger partial charge is 0.449 e. The van der Waals surface area contributed by atoms with Crippen molar-refractivity contribution >= 4 is 39.8 Å². The number of carbonyl (C=O) groups excluding carboxylic acids is 3. The van der Waals surface area contributed by atoms with Crippen LogP contribution >= 0.6 is 11.3 Å². The molecule has 1 aliphatic rings. The number of nitrogens with one attached hydrogen (secondary N) is 1. The number of carbonyl (C=O) groups is 3.